The Hall–Kier alpha value is -1.36. The van der Waals surface area contributed by atoms with Crippen molar-refractivity contribution in [2.45, 2.75) is 64.7 Å². The molecule has 0 aromatic carbocycles. The number of aryl methyl sites for hydroxylation is 1. The van der Waals surface area contributed by atoms with Crippen molar-refractivity contribution in [3.63, 3.8) is 0 Å². The summed E-state index contributed by atoms with van der Waals surface area (Å²) < 4.78 is 0. The molecule has 0 amide bonds. The van der Waals surface area contributed by atoms with Gasteiger partial charge in [-0.25, -0.2) is 0 Å². The van der Waals surface area contributed by atoms with E-state index in [1.807, 2.05) is 12.1 Å². The van der Waals surface area contributed by atoms with Crippen LogP contribution >= 0.6 is 0 Å². The van der Waals surface area contributed by atoms with Crippen molar-refractivity contribution < 1.29 is 0 Å². The quantitative estimate of drug-likeness (QED) is 0.593. The summed E-state index contributed by atoms with van der Waals surface area (Å²) in [4.78, 5) is 4.29. The molecule has 0 aliphatic carbocycles. The fraction of sp³-hybridized carbons (Fsp3) is 0.625. The number of rotatable bonds is 9. The zero-order valence-electron chi connectivity index (χ0n) is 11.5. The van der Waals surface area contributed by atoms with Crippen LogP contribution in [0.2, 0.25) is 0 Å². The van der Waals surface area contributed by atoms with Crippen LogP contribution in [0, 0.1) is 11.3 Å². The van der Waals surface area contributed by atoms with Crippen LogP contribution in [0.15, 0.2) is 18.3 Å². The SMILES string of the molecule is CCCCCCCCCCc1ccc(C#N)cn1. The minimum Gasteiger partial charge on any atom is -0.260 e. The molecule has 1 aromatic rings. The van der Waals surface area contributed by atoms with Gasteiger partial charge >= 0.3 is 0 Å². The van der Waals surface area contributed by atoms with Crippen LogP contribution in [-0.4, -0.2) is 4.98 Å². The van der Waals surface area contributed by atoms with Gasteiger partial charge in [-0.05, 0) is 25.0 Å². The van der Waals surface area contributed by atoms with Crippen LogP contribution in [0.4, 0.5) is 0 Å². The maximum absolute atomic E-state index is 8.67. The van der Waals surface area contributed by atoms with Gasteiger partial charge in [0.25, 0.3) is 0 Å². The Morgan fingerprint density at radius 1 is 1.00 bits per heavy atom. The molecule has 0 N–H and O–H groups in total. The van der Waals surface area contributed by atoms with Crippen LogP contribution < -0.4 is 0 Å². The summed E-state index contributed by atoms with van der Waals surface area (Å²) >= 11 is 0. The second kappa shape index (κ2) is 9.65. The van der Waals surface area contributed by atoms with Crippen molar-refractivity contribution in [2.24, 2.45) is 0 Å². The first-order valence-electron chi connectivity index (χ1n) is 7.22. The molecule has 0 bridgehead atoms. The van der Waals surface area contributed by atoms with Crippen molar-refractivity contribution in [1.82, 2.24) is 4.98 Å². The molecule has 2 heteroatoms. The molecular formula is C16H24N2. The molecule has 1 rings (SSSR count). The summed E-state index contributed by atoms with van der Waals surface area (Å²) in [6.45, 7) is 2.25. The molecule has 0 unspecified atom stereocenters. The van der Waals surface area contributed by atoms with Gasteiger partial charge in [-0.15, -0.1) is 0 Å². The predicted octanol–water partition coefficient (Wildman–Crippen LogP) is 4.64. The van der Waals surface area contributed by atoms with Crippen molar-refractivity contribution in [3.8, 4) is 6.07 Å². The topological polar surface area (TPSA) is 36.7 Å². The molecular weight excluding hydrogens is 220 g/mol. The van der Waals surface area contributed by atoms with E-state index >= 15 is 0 Å². The number of unbranched alkanes of at least 4 members (excludes halogenated alkanes) is 7. The van der Waals surface area contributed by atoms with Gasteiger partial charge in [0.05, 0.1) is 5.56 Å². The first-order valence-corrected chi connectivity index (χ1v) is 7.22. The van der Waals surface area contributed by atoms with Gasteiger partial charge in [0.1, 0.15) is 6.07 Å². The smallest absolute Gasteiger partial charge is 0.101 e. The molecule has 0 saturated heterocycles. The molecule has 2 nitrogen and oxygen atoms in total. The van der Waals surface area contributed by atoms with Crippen LogP contribution in [0.1, 0.15) is 69.5 Å². The third-order valence-corrected chi connectivity index (χ3v) is 3.24. The van der Waals surface area contributed by atoms with E-state index in [0.717, 1.165) is 12.1 Å². The lowest BCUT2D eigenvalue weighted by atomic mass is 10.1. The summed E-state index contributed by atoms with van der Waals surface area (Å²) in [5, 5.41) is 8.67. The van der Waals surface area contributed by atoms with E-state index < -0.39 is 0 Å². The highest BCUT2D eigenvalue weighted by molar-refractivity contribution is 5.26. The van der Waals surface area contributed by atoms with Crippen LogP contribution in [0.3, 0.4) is 0 Å². The molecule has 1 aromatic heterocycles. The molecule has 0 spiro atoms. The Kier molecular flexibility index (Phi) is 7.88. The highest BCUT2D eigenvalue weighted by Gasteiger charge is 1.96. The van der Waals surface area contributed by atoms with E-state index in [2.05, 4.69) is 18.0 Å². The number of hydrogen-bond donors (Lipinski definition) is 0. The van der Waals surface area contributed by atoms with E-state index in [0.29, 0.717) is 5.56 Å². The molecule has 0 saturated carbocycles. The zero-order chi connectivity index (χ0) is 13.1. The minimum atomic E-state index is 0.648. The second-order valence-corrected chi connectivity index (χ2v) is 4.87. The highest BCUT2D eigenvalue weighted by atomic mass is 14.7. The van der Waals surface area contributed by atoms with Gasteiger partial charge in [0.15, 0.2) is 0 Å². The monoisotopic (exact) mass is 244 g/mol. The van der Waals surface area contributed by atoms with Gasteiger partial charge in [0, 0.05) is 11.9 Å². The summed E-state index contributed by atoms with van der Waals surface area (Å²) in [6, 6.07) is 5.92. The van der Waals surface area contributed by atoms with Crippen LogP contribution in [-0.2, 0) is 6.42 Å². The average Bonchev–Trinajstić information content (AvgIpc) is 2.42. The van der Waals surface area contributed by atoms with Crippen LogP contribution in [0.25, 0.3) is 0 Å². The zero-order valence-corrected chi connectivity index (χ0v) is 11.5. The fourth-order valence-electron chi connectivity index (χ4n) is 2.08. The molecule has 0 fully saturated rings. The Bertz CT molecular complexity index is 348. The minimum absolute atomic E-state index is 0.648. The molecule has 18 heavy (non-hydrogen) atoms. The van der Waals surface area contributed by atoms with Crippen LogP contribution in [0.5, 0.6) is 0 Å². The second-order valence-electron chi connectivity index (χ2n) is 4.87. The summed E-state index contributed by atoms with van der Waals surface area (Å²) in [7, 11) is 0. The van der Waals surface area contributed by atoms with Gasteiger partial charge in [-0.2, -0.15) is 5.26 Å². The van der Waals surface area contributed by atoms with Crippen molar-refractivity contribution in [2.75, 3.05) is 0 Å². The highest BCUT2D eigenvalue weighted by Crippen LogP contribution is 2.10. The average molecular weight is 244 g/mol. The van der Waals surface area contributed by atoms with Crippen molar-refractivity contribution in [3.05, 3.63) is 29.6 Å². The Morgan fingerprint density at radius 3 is 2.22 bits per heavy atom. The number of pyridine rings is 1. The summed E-state index contributed by atoms with van der Waals surface area (Å²) in [5.41, 5.74) is 1.76. The molecule has 98 valence electrons. The predicted molar refractivity (Wildman–Crippen MR) is 75.3 cm³/mol. The summed E-state index contributed by atoms with van der Waals surface area (Å²) in [6.07, 6.45) is 13.4. The van der Waals surface area contributed by atoms with Crippen molar-refractivity contribution in [1.29, 1.82) is 5.26 Å². The lowest BCUT2D eigenvalue weighted by Crippen LogP contribution is -1.91. The molecule has 0 aliphatic heterocycles. The van der Waals surface area contributed by atoms with E-state index in [9.17, 15) is 0 Å². The van der Waals surface area contributed by atoms with Gasteiger partial charge in [-0.3, -0.25) is 4.98 Å². The Balaban J connectivity index is 2.02. The van der Waals surface area contributed by atoms with E-state index in [1.54, 1.807) is 6.20 Å². The third-order valence-electron chi connectivity index (χ3n) is 3.24. The summed E-state index contributed by atoms with van der Waals surface area (Å²) in [5.74, 6) is 0. The molecule has 1 heterocycles. The van der Waals surface area contributed by atoms with Gasteiger partial charge in [-0.1, -0.05) is 51.9 Å². The van der Waals surface area contributed by atoms with E-state index in [1.165, 1.54) is 51.4 Å². The number of nitriles is 1. The molecule has 0 atom stereocenters. The Labute approximate surface area is 111 Å². The van der Waals surface area contributed by atoms with Crippen molar-refractivity contribution >= 4 is 0 Å². The maximum Gasteiger partial charge on any atom is 0.101 e. The molecule has 0 radical (unpaired) electrons. The number of nitrogens with zero attached hydrogens (tertiary/aromatic N) is 2. The van der Waals surface area contributed by atoms with Gasteiger partial charge < -0.3 is 0 Å². The number of hydrogen-bond acceptors (Lipinski definition) is 2. The largest absolute Gasteiger partial charge is 0.260 e. The normalized spacial score (nSPS) is 10.2. The lowest BCUT2D eigenvalue weighted by Gasteiger charge is -2.02. The van der Waals surface area contributed by atoms with Gasteiger partial charge in [0.2, 0.25) is 0 Å². The van der Waals surface area contributed by atoms with E-state index in [-0.39, 0.29) is 0 Å². The number of aromatic nitrogens is 1. The Morgan fingerprint density at radius 2 is 1.67 bits per heavy atom. The standard InChI is InChI=1S/C16H24N2/c1-2-3-4-5-6-7-8-9-10-16-12-11-15(13-17)14-18-16/h11-12,14H,2-10H2,1H3. The fourth-order valence-corrected chi connectivity index (χ4v) is 2.08. The lowest BCUT2D eigenvalue weighted by molar-refractivity contribution is 0.574. The maximum atomic E-state index is 8.67. The first kappa shape index (κ1) is 14.7. The molecule has 0 aliphatic rings. The third kappa shape index (κ3) is 6.39. The van der Waals surface area contributed by atoms with E-state index in [4.69, 9.17) is 5.26 Å². The first-order chi connectivity index (χ1) is 8.86.